The minimum Gasteiger partial charge on any atom is -0.495 e. The van der Waals surface area contributed by atoms with Gasteiger partial charge in [-0.1, -0.05) is 24.3 Å². The summed E-state index contributed by atoms with van der Waals surface area (Å²) in [6, 6.07) is 17.1. The van der Waals surface area contributed by atoms with Gasteiger partial charge in [0.1, 0.15) is 5.75 Å². The van der Waals surface area contributed by atoms with Gasteiger partial charge in [0.05, 0.1) is 17.7 Å². The SMILES string of the molecule is COc1ccc(C)cc1NC(=O)c1cccc(NS(=O)(=O)c2cc(C)ccc2C)c1. The maximum absolute atomic E-state index is 12.8. The molecule has 0 saturated heterocycles. The molecule has 3 aromatic rings. The van der Waals surface area contributed by atoms with Gasteiger partial charge in [-0.15, -0.1) is 0 Å². The van der Waals surface area contributed by atoms with Crippen molar-refractivity contribution in [3.63, 3.8) is 0 Å². The second-order valence-electron chi connectivity index (χ2n) is 7.11. The first-order valence-electron chi connectivity index (χ1n) is 9.36. The van der Waals surface area contributed by atoms with Crippen molar-refractivity contribution in [1.82, 2.24) is 0 Å². The molecule has 30 heavy (non-hydrogen) atoms. The first kappa shape index (κ1) is 21.4. The minimum atomic E-state index is -3.79. The van der Waals surface area contributed by atoms with E-state index in [9.17, 15) is 13.2 Å². The van der Waals surface area contributed by atoms with E-state index in [2.05, 4.69) is 10.0 Å². The summed E-state index contributed by atoms with van der Waals surface area (Å²) in [5, 5.41) is 2.82. The maximum atomic E-state index is 12.8. The Morgan fingerprint density at radius 1 is 0.900 bits per heavy atom. The van der Waals surface area contributed by atoms with Crippen LogP contribution in [0.25, 0.3) is 0 Å². The molecule has 0 fully saturated rings. The number of nitrogens with one attached hydrogen (secondary N) is 2. The highest BCUT2D eigenvalue weighted by Gasteiger charge is 2.18. The monoisotopic (exact) mass is 424 g/mol. The van der Waals surface area contributed by atoms with Gasteiger partial charge >= 0.3 is 0 Å². The molecule has 2 N–H and O–H groups in total. The van der Waals surface area contributed by atoms with Gasteiger partial charge in [0.2, 0.25) is 0 Å². The Morgan fingerprint density at radius 2 is 1.60 bits per heavy atom. The maximum Gasteiger partial charge on any atom is 0.262 e. The van der Waals surface area contributed by atoms with Crippen molar-refractivity contribution >= 4 is 27.3 Å². The molecule has 0 bridgehead atoms. The van der Waals surface area contributed by atoms with Crippen LogP contribution in [-0.4, -0.2) is 21.4 Å². The Balaban J connectivity index is 1.85. The van der Waals surface area contributed by atoms with Gasteiger partial charge in [0, 0.05) is 11.3 Å². The molecule has 6 nitrogen and oxygen atoms in total. The Kier molecular flexibility index (Phi) is 6.12. The molecular formula is C23H24N2O4S. The number of amides is 1. The molecule has 3 rings (SSSR count). The molecule has 0 heterocycles. The lowest BCUT2D eigenvalue weighted by Gasteiger charge is -2.13. The number of anilines is 2. The van der Waals surface area contributed by atoms with Crippen LogP contribution in [-0.2, 0) is 10.0 Å². The summed E-state index contributed by atoms with van der Waals surface area (Å²) in [5.41, 5.74) is 3.64. The van der Waals surface area contributed by atoms with Crippen LogP contribution in [0.2, 0.25) is 0 Å². The highest BCUT2D eigenvalue weighted by atomic mass is 32.2. The van der Waals surface area contributed by atoms with Gasteiger partial charge in [-0.2, -0.15) is 0 Å². The summed E-state index contributed by atoms with van der Waals surface area (Å²) in [6.45, 7) is 5.49. The van der Waals surface area contributed by atoms with Gasteiger partial charge in [0.15, 0.2) is 0 Å². The molecule has 0 spiro atoms. The van der Waals surface area contributed by atoms with E-state index >= 15 is 0 Å². The van der Waals surface area contributed by atoms with Crippen molar-refractivity contribution in [3.8, 4) is 5.75 Å². The van der Waals surface area contributed by atoms with Gasteiger partial charge in [-0.3, -0.25) is 9.52 Å². The van der Waals surface area contributed by atoms with Gasteiger partial charge < -0.3 is 10.1 Å². The lowest BCUT2D eigenvalue weighted by atomic mass is 10.1. The first-order chi connectivity index (χ1) is 14.2. The molecule has 0 atom stereocenters. The predicted octanol–water partition coefficient (Wildman–Crippen LogP) is 4.67. The molecule has 3 aromatic carbocycles. The van der Waals surface area contributed by atoms with Crippen LogP contribution in [0.5, 0.6) is 5.75 Å². The topological polar surface area (TPSA) is 84.5 Å². The van der Waals surface area contributed by atoms with E-state index in [1.807, 2.05) is 32.0 Å². The highest BCUT2D eigenvalue weighted by Crippen LogP contribution is 2.26. The second-order valence-corrected chi connectivity index (χ2v) is 8.76. The first-order valence-corrected chi connectivity index (χ1v) is 10.8. The molecule has 0 aromatic heterocycles. The average molecular weight is 425 g/mol. The summed E-state index contributed by atoms with van der Waals surface area (Å²) >= 11 is 0. The predicted molar refractivity (Wildman–Crippen MR) is 119 cm³/mol. The van der Waals surface area contributed by atoms with Crippen LogP contribution in [0.1, 0.15) is 27.0 Å². The Morgan fingerprint density at radius 3 is 2.33 bits per heavy atom. The van der Waals surface area contributed by atoms with Crippen molar-refractivity contribution in [3.05, 3.63) is 82.9 Å². The van der Waals surface area contributed by atoms with Crippen LogP contribution < -0.4 is 14.8 Å². The quantitative estimate of drug-likeness (QED) is 0.602. The zero-order chi connectivity index (χ0) is 21.9. The molecule has 0 aliphatic heterocycles. The second kappa shape index (κ2) is 8.59. The lowest BCUT2D eigenvalue weighted by molar-refractivity contribution is 0.102. The fourth-order valence-electron chi connectivity index (χ4n) is 3.04. The average Bonchev–Trinajstić information content (AvgIpc) is 2.70. The number of carbonyl (C=O) groups is 1. The summed E-state index contributed by atoms with van der Waals surface area (Å²) in [5.74, 6) is 0.174. The molecular weight excluding hydrogens is 400 g/mol. The zero-order valence-corrected chi connectivity index (χ0v) is 18.1. The Labute approximate surface area is 177 Å². The summed E-state index contributed by atoms with van der Waals surface area (Å²) < 4.78 is 33.5. The lowest BCUT2D eigenvalue weighted by Crippen LogP contribution is -2.16. The third-order valence-electron chi connectivity index (χ3n) is 4.61. The van der Waals surface area contributed by atoms with E-state index in [0.717, 1.165) is 11.1 Å². The normalized spacial score (nSPS) is 11.1. The number of hydrogen-bond acceptors (Lipinski definition) is 4. The van der Waals surface area contributed by atoms with Crippen LogP contribution in [0.15, 0.2) is 65.6 Å². The number of aryl methyl sites for hydroxylation is 3. The number of methoxy groups -OCH3 is 1. The summed E-state index contributed by atoms with van der Waals surface area (Å²) in [4.78, 5) is 12.9. The molecule has 0 radical (unpaired) electrons. The summed E-state index contributed by atoms with van der Waals surface area (Å²) in [7, 11) is -2.26. The Hall–Kier alpha value is -3.32. The summed E-state index contributed by atoms with van der Waals surface area (Å²) in [6.07, 6.45) is 0. The van der Waals surface area contributed by atoms with Gasteiger partial charge in [-0.05, 0) is 73.9 Å². The standard InChI is InChI=1S/C23H24N2O4S/c1-15-9-11-21(29-4)20(12-15)24-23(26)18-6-5-7-19(14-18)25-30(27,28)22-13-16(2)8-10-17(22)3/h5-14,25H,1-4H3,(H,24,26). The van der Waals surface area contributed by atoms with Gasteiger partial charge in [-0.25, -0.2) is 8.42 Å². The van der Waals surface area contributed by atoms with Crippen LogP contribution in [0.4, 0.5) is 11.4 Å². The van der Waals surface area contributed by atoms with Crippen molar-refractivity contribution in [2.24, 2.45) is 0 Å². The third-order valence-corrected chi connectivity index (χ3v) is 6.14. The number of hydrogen-bond donors (Lipinski definition) is 2. The van der Waals surface area contributed by atoms with Crippen molar-refractivity contribution in [2.75, 3.05) is 17.1 Å². The fourth-order valence-corrected chi connectivity index (χ4v) is 4.43. The molecule has 0 aliphatic rings. The van der Waals surface area contributed by atoms with E-state index < -0.39 is 10.0 Å². The van der Waals surface area contributed by atoms with Crippen molar-refractivity contribution in [1.29, 1.82) is 0 Å². The van der Waals surface area contributed by atoms with E-state index in [1.165, 1.54) is 13.2 Å². The van der Waals surface area contributed by atoms with E-state index in [0.29, 0.717) is 28.3 Å². The molecule has 7 heteroatoms. The molecule has 0 unspecified atom stereocenters. The number of ether oxygens (including phenoxy) is 1. The fraction of sp³-hybridized carbons (Fsp3) is 0.174. The number of carbonyl (C=O) groups excluding carboxylic acids is 1. The molecule has 0 aliphatic carbocycles. The zero-order valence-electron chi connectivity index (χ0n) is 17.3. The van der Waals surface area contributed by atoms with E-state index in [4.69, 9.17) is 4.74 Å². The van der Waals surface area contributed by atoms with Gasteiger partial charge in [0.25, 0.3) is 15.9 Å². The molecule has 156 valence electrons. The minimum absolute atomic E-state index is 0.210. The molecule has 0 saturated carbocycles. The Bertz CT molecular complexity index is 1200. The van der Waals surface area contributed by atoms with Crippen molar-refractivity contribution < 1.29 is 17.9 Å². The highest BCUT2D eigenvalue weighted by molar-refractivity contribution is 7.92. The third kappa shape index (κ3) is 4.80. The van der Waals surface area contributed by atoms with Crippen LogP contribution in [0, 0.1) is 20.8 Å². The number of sulfonamides is 1. The van der Waals surface area contributed by atoms with Crippen molar-refractivity contribution in [2.45, 2.75) is 25.7 Å². The largest absolute Gasteiger partial charge is 0.495 e. The smallest absolute Gasteiger partial charge is 0.262 e. The van der Waals surface area contributed by atoms with Crippen LogP contribution in [0.3, 0.4) is 0 Å². The number of benzene rings is 3. The van der Waals surface area contributed by atoms with E-state index in [1.54, 1.807) is 43.3 Å². The molecule has 1 amide bonds. The van der Waals surface area contributed by atoms with Crippen LogP contribution >= 0.6 is 0 Å². The number of rotatable bonds is 6. The van der Waals surface area contributed by atoms with E-state index in [-0.39, 0.29) is 10.8 Å².